The molecule has 11 heavy (non-hydrogen) atoms. The number of hydrogen-bond acceptors (Lipinski definition) is 4. The van der Waals surface area contributed by atoms with Crippen molar-refractivity contribution in [3.05, 3.63) is 23.5 Å². The van der Waals surface area contributed by atoms with Gasteiger partial charge in [-0.05, 0) is 18.6 Å². The van der Waals surface area contributed by atoms with E-state index < -0.39 is 5.91 Å². The largest absolute Gasteiger partial charge is 0.289 e. The summed E-state index contributed by atoms with van der Waals surface area (Å²) < 4.78 is 0. The standard InChI is InChI=1S/C6H8N4O/c1-4-2-5(6(11)9-7)10-8-3-4/h2-3H,7H2,1H3,(H,9,11). The van der Waals surface area contributed by atoms with Crippen molar-refractivity contribution in [3.63, 3.8) is 0 Å². The Kier molecular flexibility index (Phi) is 2.12. The second kappa shape index (κ2) is 3.07. The van der Waals surface area contributed by atoms with Gasteiger partial charge in [-0.1, -0.05) is 0 Å². The minimum Gasteiger partial charge on any atom is -0.289 e. The number of nitrogens with two attached hydrogens (primary N) is 1. The van der Waals surface area contributed by atoms with Crippen LogP contribution >= 0.6 is 0 Å². The zero-order chi connectivity index (χ0) is 8.27. The summed E-state index contributed by atoms with van der Waals surface area (Å²) in [6.45, 7) is 1.82. The van der Waals surface area contributed by atoms with Gasteiger partial charge in [-0.25, -0.2) is 5.84 Å². The lowest BCUT2D eigenvalue weighted by molar-refractivity contribution is 0.0947. The Morgan fingerprint density at radius 3 is 3.00 bits per heavy atom. The molecule has 58 valence electrons. The molecule has 0 atom stereocenters. The van der Waals surface area contributed by atoms with Crippen LogP contribution < -0.4 is 11.3 Å². The fourth-order valence-corrected chi connectivity index (χ4v) is 0.649. The molecular formula is C6H8N4O. The van der Waals surface area contributed by atoms with Crippen molar-refractivity contribution in [1.82, 2.24) is 15.6 Å². The Labute approximate surface area is 63.6 Å². The van der Waals surface area contributed by atoms with E-state index in [0.717, 1.165) is 5.56 Å². The Morgan fingerprint density at radius 1 is 1.73 bits per heavy atom. The van der Waals surface area contributed by atoms with Crippen LogP contribution in [0.5, 0.6) is 0 Å². The number of rotatable bonds is 1. The second-order valence-corrected chi connectivity index (χ2v) is 2.09. The minimum atomic E-state index is -0.429. The highest BCUT2D eigenvalue weighted by Gasteiger charge is 2.04. The average Bonchev–Trinajstić information content (AvgIpc) is 2.03. The van der Waals surface area contributed by atoms with Gasteiger partial charge in [-0.15, -0.1) is 5.10 Å². The SMILES string of the molecule is Cc1cnnc(C(=O)NN)c1. The molecule has 0 aliphatic rings. The van der Waals surface area contributed by atoms with Gasteiger partial charge in [0.25, 0.3) is 5.91 Å². The number of carbonyl (C=O) groups excluding carboxylic acids is 1. The molecular weight excluding hydrogens is 144 g/mol. The van der Waals surface area contributed by atoms with Crippen LogP contribution in [0.2, 0.25) is 0 Å². The predicted octanol–water partition coefficient (Wildman–Crippen LogP) is -0.611. The summed E-state index contributed by atoms with van der Waals surface area (Å²) in [5.74, 6) is 4.46. The first-order chi connectivity index (χ1) is 5.24. The van der Waals surface area contributed by atoms with E-state index in [0.29, 0.717) is 0 Å². The first-order valence-electron chi connectivity index (χ1n) is 3.04. The molecule has 0 unspecified atom stereocenters. The van der Waals surface area contributed by atoms with E-state index in [-0.39, 0.29) is 5.69 Å². The first-order valence-corrected chi connectivity index (χ1v) is 3.04. The zero-order valence-electron chi connectivity index (χ0n) is 6.03. The highest BCUT2D eigenvalue weighted by atomic mass is 16.2. The topological polar surface area (TPSA) is 80.9 Å². The second-order valence-electron chi connectivity index (χ2n) is 2.09. The lowest BCUT2D eigenvalue weighted by Gasteiger charge is -1.96. The molecule has 5 heteroatoms. The molecule has 5 nitrogen and oxygen atoms in total. The first kappa shape index (κ1) is 7.62. The van der Waals surface area contributed by atoms with E-state index in [4.69, 9.17) is 5.84 Å². The van der Waals surface area contributed by atoms with Crippen molar-refractivity contribution in [3.8, 4) is 0 Å². The number of hydrazine groups is 1. The van der Waals surface area contributed by atoms with Crippen molar-refractivity contribution in [2.45, 2.75) is 6.92 Å². The minimum absolute atomic E-state index is 0.229. The number of nitrogens with one attached hydrogen (secondary N) is 1. The number of aryl methyl sites for hydroxylation is 1. The van der Waals surface area contributed by atoms with Crippen LogP contribution in [-0.2, 0) is 0 Å². The van der Waals surface area contributed by atoms with E-state index >= 15 is 0 Å². The quantitative estimate of drug-likeness (QED) is 0.319. The zero-order valence-corrected chi connectivity index (χ0v) is 6.03. The van der Waals surface area contributed by atoms with Gasteiger partial charge >= 0.3 is 0 Å². The van der Waals surface area contributed by atoms with Gasteiger partial charge in [0, 0.05) is 0 Å². The molecule has 0 saturated heterocycles. The third-order valence-electron chi connectivity index (χ3n) is 1.15. The number of aromatic nitrogens is 2. The summed E-state index contributed by atoms with van der Waals surface area (Å²) >= 11 is 0. The molecule has 1 rings (SSSR count). The average molecular weight is 152 g/mol. The van der Waals surface area contributed by atoms with Crippen LogP contribution in [0.15, 0.2) is 12.3 Å². The van der Waals surface area contributed by atoms with E-state index in [1.807, 2.05) is 12.3 Å². The van der Waals surface area contributed by atoms with E-state index in [9.17, 15) is 4.79 Å². The molecule has 1 aromatic rings. The maximum atomic E-state index is 10.8. The number of nitrogen functional groups attached to an aromatic ring is 1. The van der Waals surface area contributed by atoms with Crippen LogP contribution in [0.25, 0.3) is 0 Å². The van der Waals surface area contributed by atoms with Crippen molar-refractivity contribution in [2.75, 3.05) is 0 Å². The van der Waals surface area contributed by atoms with Crippen molar-refractivity contribution < 1.29 is 4.79 Å². The summed E-state index contributed by atoms with van der Waals surface area (Å²) in [6, 6.07) is 1.61. The van der Waals surface area contributed by atoms with Crippen LogP contribution in [0, 0.1) is 6.92 Å². The van der Waals surface area contributed by atoms with Crippen molar-refractivity contribution in [1.29, 1.82) is 0 Å². The van der Waals surface area contributed by atoms with Crippen molar-refractivity contribution >= 4 is 5.91 Å². The third-order valence-corrected chi connectivity index (χ3v) is 1.15. The van der Waals surface area contributed by atoms with E-state index in [1.165, 1.54) is 0 Å². The van der Waals surface area contributed by atoms with Gasteiger partial charge < -0.3 is 0 Å². The summed E-state index contributed by atoms with van der Waals surface area (Å²) in [5, 5.41) is 7.16. The van der Waals surface area contributed by atoms with Gasteiger partial charge in [-0.3, -0.25) is 10.2 Å². The van der Waals surface area contributed by atoms with Gasteiger partial charge in [-0.2, -0.15) is 5.10 Å². The monoisotopic (exact) mass is 152 g/mol. The van der Waals surface area contributed by atoms with Crippen LogP contribution in [0.3, 0.4) is 0 Å². The molecule has 1 aromatic heterocycles. The lowest BCUT2D eigenvalue weighted by atomic mass is 10.3. The maximum Gasteiger partial charge on any atom is 0.285 e. The Morgan fingerprint density at radius 2 is 2.45 bits per heavy atom. The third kappa shape index (κ3) is 1.71. The summed E-state index contributed by atoms with van der Waals surface area (Å²) in [7, 11) is 0. The fraction of sp³-hybridized carbons (Fsp3) is 0.167. The molecule has 0 aliphatic carbocycles. The van der Waals surface area contributed by atoms with Gasteiger partial charge in [0.1, 0.15) is 0 Å². The Hall–Kier alpha value is -1.49. The smallest absolute Gasteiger partial charge is 0.285 e. The molecule has 0 fully saturated rings. The molecule has 1 heterocycles. The summed E-state index contributed by atoms with van der Waals surface area (Å²) in [6.07, 6.45) is 1.56. The lowest BCUT2D eigenvalue weighted by Crippen LogP contribution is -2.30. The molecule has 1 amide bonds. The number of amides is 1. The summed E-state index contributed by atoms with van der Waals surface area (Å²) in [4.78, 5) is 10.8. The van der Waals surface area contributed by atoms with Gasteiger partial charge in [0.2, 0.25) is 0 Å². The Balaban J connectivity index is 2.96. The molecule has 0 aromatic carbocycles. The van der Waals surface area contributed by atoms with Gasteiger partial charge in [0.15, 0.2) is 5.69 Å². The van der Waals surface area contributed by atoms with Crippen LogP contribution in [-0.4, -0.2) is 16.1 Å². The number of hydrogen-bond donors (Lipinski definition) is 2. The van der Waals surface area contributed by atoms with Crippen LogP contribution in [0.4, 0.5) is 0 Å². The Bertz CT molecular complexity index is 273. The molecule has 0 bridgehead atoms. The number of carbonyl (C=O) groups is 1. The summed E-state index contributed by atoms with van der Waals surface area (Å²) in [5.41, 5.74) is 3.07. The molecule has 0 radical (unpaired) electrons. The van der Waals surface area contributed by atoms with E-state index in [2.05, 4.69) is 10.2 Å². The fourth-order valence-electron chi connectivity index (χ4n) is 0.649. The molecule has 0 saturated carbocycles. The number of nitrogens with zero attached hydrogens (tertiary/aromatic N) is 2. The van der Waals surface area contributed by atoms with Crippen LogP contribution in [0.1, 0.15) is 16.1 Å². The highest BCUT2D eigenvalue weighted by molar-refractivity contribution is 5.91. The molecule has 0 spiro atoms. The normalized spacial score (nSPS) is 9.27. The van der Waals surface area contributed by atoms with E-state index in [1.54, 1.807) is 12.3 Å². The predicted molar refractivity (Wildman–Crippen MR) is 38.4 cm³/mol. The maximum absolute atomic E-state index is 10.8. The molecule has 0 aliphatic heterocycles. The molecule has 3 N–H and O–H groups in total. The highest BCUT2D eigenvalue weighted by Crippen LogP contribution is 1.95. The van der Waals surface area contributed by atoms with Crippen molar-refractivity contribution in [2.24, 2.45) is 5.84 Å². The van der Waals surface area contributed by atoms with Gasteiger partial charge in [0.05, 0.1) is 6.20 Å².